The number of carbonyl (C=O) groups excluding carboxylic acids is 3. The van der Waals surface area contributed by atoms with Gasteiger partial charge in [-0.15, -0.1) is 0 Å². The molecule has 0 aromatic heterocycles. The van der Waals surface area contributed by atoms with Gasteiger partial charge in [-0.2, -0.15) is 0 Å². The summed E-state index contributed by atoms with van der Waals surface area (Å²) in [5, 5.41) is 0. The zero-order chi connectivity index (χ0) is 18.1. The second-order valence-electron chi connectivity index (χ2n) is 7.53. The molecule has 0 spiro atoms. The van der Waals surface area contributed by atoms with Crippen molar-refractivity contribution in [2.45, 2.75) is 18.9 Å². The Balaban J connectivity index is 1.56. The summed E-state index contributed by atoms with van der Waals surface area (Å²) in [6.45, 7) is 4.87. The molecule has 8 nitrogen and oxygen atoms in total. The summed E-state index contributed by atoms with van der Waals surface area (Å²) in [6, 6.07) is -0.179. The number of likely N-dealkylation sites (tertiary alicyclic amines) is 1. The van der Waals surface area contributed by atoms with E-state index in [2.05, 4.69) is 4.90 Å². The van der Waals surface area contributed by atoms with Gasteiger partial charge in [-0.1, -0.05) is 0 Å². The quantitative estimate of drug-likeness (QED) is 0.631. The third-order valence-electron chi connectivity index (χ3n) is 5.68. The summed E-state index contributed by atoms with van der Waals surface area (Å²) in [5.74, 6) is 0.238. The number of piperidine rings is 1. The van der Waals surface area contributed by atoms with Crippen molar-refractivity contribution in [3.05, 3.63) is 0 Å². The summed E-state index contributed by atoms with van der Waals surface area (Å²) in [4.78, 5) is 46.5. The van der Waals surface area contributed by atoms with Crippen molar-refractivity contribution in [2.75, 3.05) is 67.0 Å². The maximum atomic E-state index is 12.9. The van der Waals surface area contributed by atoms with Crippen LogP contribution in [0.2, 0.25) is 0 Å². The molecule has 0 N–H and O–H groups in total. The van der Waals surface area contributed by atoms with E-state index in [1.807, 2.05) is 11.9 Å². The van der Waals surface area contributed by atoms with Crippen LogP contribution in [0.3, 0.4) is 0 Å². The van der Waals surface area contributed by atoms with Crippen LogP contribution in [0.4, 0.5) is 4.79 Å². The number of carbonyl (C=O) groups is 3. The number of fused-ring (bicyclic) bond motifs is 1. The molecule has 3 aliphatic rings. The van der Waals surface area contributed by atoms with Crippen LogP contribution in [0.25, 0.3) is 0 Å². The van der Waals surface area contributed by atoms with E-state index in [1.165, 1.54) is 0 Å². The minimum Gasteiger partial charge on any atom is -0.343 e. The second kappa shape index (κ2) is 7.19. The van der Waals surface area contributed by atoms with Gasteiger partial charge in [-0.25, -0.2) is 4.79 Å². The van der Waals surface area contributed by atoms with Crippen LogP contribution >= 0.6 is 0 Å². The molecule has 0 aromatic carbocycles. The zero-order valence-corrected chi connectivity index (χ0v) is 15.5. The molecule has 3 saturated heterocycles. The first kappa shape index (κ1) is 18.0. The van der Waals surface area contributed by atoms with Crippen molar-refractivity contribution >= 4 is 17.8 Å². The van der Waals surface area contributed by atoms with E-state index in [1.54, 1.807) is 28.8 Å². The van der Waals surface area contributed by atoms with Crippen LogP contribution in [-0.4, -0.2) is 115 Å². The molecule has 0 aliphatic carbocycles. The fourth-order valence-corrected chi connectivity index (χ4v) is 4.02. The average molecular weight is 351 g/mol. The molecule has 0 aromatic rings. The molecule has 3 fully saturated rings. The van der Waals surface area contributed by atoms with Gasteiger partial charge in [0.25, 0.3) is 0 Å². The monoisotopic (exact) mass is 351 g/mol. The normalized spacial score (nSPS) is 25.8. The van der Waals surface area contributed by atoms with E-state index in [4.69, 9.17) is 0 Å². The van der Waals surface area contributed by atoms with Gasteiger partial charge in [-0.05, 0) is 12.8 Å². The number of piperazine rings is 2. The number of hydrogen-bond acceptors (Lipinski definition) is 4. The molecule has 3 aliphatic heterocycles. The van der Waals surface area contributed by atoms with Crippen LogP contribution < -0.4 is 0 Å². The lowest BCUT2D eigenvalue weighted by Gasteiger charge is -2.46. The van der Waals surface area contributed by atoms with Gasteiger partial charge in [-0.3, -0.25) is 14.5 Å². The second-order valence-corrected chi connectivity index (χ2v) is 7.53. The molecule has 0 saturated carbocycles. The number of hydrogen-bond donors (Lipinski definition) is 0. The summed E-state index contributed by atoms with van der Waals surface area (Å²) in [6.07, 6.45) is 1.41. The van der Waals surface area contributed by atoms with Crippen molar-refractivity contribution in [2.24, 2.45) is 5.92 Å². The van der Waals surface area contributed by atoms with Gasteiger partial charge in [0.15, 0.2) is 0 Å². The molecule has 4 amide bonds. The van der Waals surface area contributed by atoms with Crippen molar-refractivity contribution in [1.29, 1.82) is 0 Å². The molecule has 8 heteroatoms. The van der Waals surface area contributed by atoms with E-state index >= 15 is 0 Å². The van der Waals surface area contributed by atoms with E-state index < -0.39 is 0 Å². The molecule has 1 atom stereocenters. The number of amides is 4. The Hall–Kier alpha value is -1.83. The van der Waals surface area contributed by atoms with Gasteiger partial charge in [0, 0.05) is 72.9 Å². The Morgan fingerprint density at radius 1 is 0.960 bits per heavy atom. The van der Waals surface area contributed by atoms with Crippen molar-refractivity contribution in [3.63, 3.8) is 0 Å². The van der Waals surface area contributed by atoms with Gasteiger partial charge in [0.05, 0.1) is 0 Å². The van der Waals surface area contributed by atoms with E-state index in [0.717, 1.165) is 19.6 Å². The largest absolute Gasteiger partial charge is 0.343 e. The molecule has 140 valence electrons. The lowest BCUT2D eigenvalue weighted by atomic mass is 9.94. The molecule has 0 bridgehead atoms. The molecular weight excluding hydrogens is 322 g/mol. The van der Waals surface area contributed by atoms with Crippen molar-refractivity contribution in [3.8, 4) is 0 Å². The number of rotatable bonds is 1. The fourth-order valence-electron chi connectivity index (χ4n) is 4.02. The maximum Gasteiger partial charge on any atom is 0.319 e. The first-order valence-corrected chi connectivity index (χ1v) is 9.12. The van der Waals surface area contributed by atoms with Crippen molar-refractivity contribution in [1.82, 2.24) is 24.5 Å². The Morgan fingerprint density at radius 2 is 1.60 bits per heavy atom. The number of likely N-dealkylation sites (N-methyl/N-ethyl adjacent to an activating group) is 1. The predicted molar refractivity (Wildman–Crippen MR) is 93.0 cm³/mol. The van der Waals surface area contributed by atoms with E-state index in [0.29, 0.717) is 39.0 Å². The average Bonchev–Trinajstić information content (AvgIpc) is 2.63. The Labute approximate surface area is 149 Å². The smallest absolute Gasteiger partial charge is 0.319 e. The minimum atomic E-state index is -0.188. The number of nitrogens with zero attached hydrogens (tertiary/aromatic N) is 5. The highest BCUT2D eigenvalue weighted by Gasteiger charge is 2.40. The Kier molecular flexibility index (Phi) is 5.17. The summed E-state index contributed by atoms with van der Waals surface area (Å²) < 4.78 is 0. The van der Waals surface area contributed by atoms with Crippen LogP contribution in [-0.2, 0) is 9.59 Å². The maximum absolute atomic E-state index is 12.9. The van der Waals surface area contributed by atoms with Crippen LogP contribution in [0.5, 0.6) is 0 Å². The van der Waals surface area contributed by atoms with Crippen LogP contribution in [0.15, 0.2) is 0 Å². The molecule has 3 rings (SSSR count). The summed E-state index contributed by atoms with van der Waals surface area (Å²) >= 11 is 0. The van der Waals surface area contributed by atoms with Crippen molar-refractivity contribution < 1.29 is 14.4 Å². The van der Waals surface area contributed by atoms with Gasteiger partial charge >= 0.3 is 6.03 Å². The first-order valence-electron chi connectivity index (χ1n) is 9.12. The molecule has 3 heterocycles. The Morgan fingerprint density at radius 3 is 2.24 bits per heavy atom. The van der Waals surface area contributed by atoms with Gasteiger partial charge < -0.3 is 19.6 Å². The highest BCUT2D eigenvalue weighted by molar-refractivity contribution is 5.85. The molecule has 0 radical (unpaired) electrons. The summed E-state index contributed by atoms with van der Waals surface area (Å²) in [5.41, 5.74) is 0. The Bertz CT molecular complexity index is 544. The highest BCUT2D eigenvalue weighted by atomic mass is 16.2. The van der Waals surface area contributed by atoms with Gasteiger partial charge in [0.2, 0.25) is 11.8 Å². The SMILES string of the molecule is CN(C)C(=O)N1CCC(C(=O)N2CCN3CCN(C)C(=O)[C@H]3C2)CC1. The lowest BCUT2D eigenvalue weighted by Crippen LogP contribution is -2.65. The fraction of sp³-hybridized carbons (Fsp3) is 0.824. The third kappa shape index (κ3) is 3.58. The van der Waals surface area contributed by atoms with Crippen LogP contribution in [0.1, 0.15) is 12.8 Å². The summed E-state index contributed by atoms with van der Waals surface area (Å²) in [7, 11) is 5.33. The van der Waals surface area contributed by atoms with Crippen LogP contribution in [0, 0.1) is 5.92 Å². The standard InChI is InChI=1S/C17H29N5O3/c1-18(2)17(25)21-6-4-13(5-7-21)15(23)22-11-10-20-9-8-19(3)16(24)14(20)12-22/h13-14H,4-12H2,1-3H3/t14-/m1/s1. The van der Waals surface area contributed by atoms with Gasteiger partial charge in [0.1, 0.15) is 6.04 Å². The molecule has 25 heavy (non-hydrogen) atoms. The third-order valence-corrected chi connectivity index (χ3v) is 5.68. The topological polar surface area (TPSA) is 67.4 Å². The van der Waals surface area contributed by atoms with E-state index in [-0.39, 0.29) is 29.8 Å². The first-order chi connectivity index (χ1) is 11.9. The minimum absolute atomic E-state index is 0.00959. The number of urea groups is 1. The lowest BCUT2D eigenvalue weighted by molar-refractivity contribution is -0.149. The molecular formula is C17H29N5O3. The highest BCUT2D eigenvalue weighted by Crippen LogP contribution is 2.23. The predicted octanol–water partition coefficient (Wildman–Crippen LogP) is -0.635. The van der Waals surface area contributed by atoms with E-state index in [9.17, 15) is 14.4 Å². The zero-order valence-electron chi connectivity index (χ0n) is 15.5. The molecule has 0 unspecified atom stereocenters.